The van der Waals surface area contributed by atoms with Crippen LogP contribution in [0.1, 0.15) is 30.1 Å². The largest absolute Gasteiger partial charge is 0.497 e. The minimum atomic E-state index is -0.269. The van der Waals surface area contributed by atoms with Crippen LogP contribution >= 0.6 is 24.0 Å². The maximum Gasteiger partial charge on any atom is 0.409 e. The fourth-order valence-electron chi connectivity index (χ4n) is 2.89. The van der Waals surface area contributed by atoms with Crippen molar-refractivity contribution in [3.8, 4) is 5.75 Å². The van der Waals surface area contributed by atoms with Crippen molar-refractivity contribution < 1.29 is 19.1 Å². The molecule has 2 amide bonds. The van der Waals surface area contributed by atoms with Gasteiger partial charge in [0.05, 0.1) is 20.3 Å². The fraction of sp³-hybridized carbons (Fsp3) is 0.526. The first-order valence-electron chi connectivity index (χ1n) is 9.44. The molecule has 0 unspecified atom stereocenters. The number of hydrogen-bond donors (Lipinski definition) is 3. The van der Waals surface area contributed by atoms with Crippen LogP contribution in [0, 0.1) is 0 Å². The minimum absolute atomic E-state index is 0. The van der Waals surface area contributed by atoms with Crippen molar-refractivity contribution in [2.45, 2.75) is 25.8 Å². The average Bonchev–Trinajstić information content (AvgIpc) is 2.71. The first-order valence-corrected chi connectivity index (χ1v) is 9.44. The highest BCUT2D eigenvalue weighted by molar-refractivity contribution is 14.0. The van der Waals surface area contributed by atoms with Crippen molar-refractivity contribution in [1.82, 2.24) is 15.5 Å². The molecule has 4 N–H and O–H groups in total. The van der Waals surface area contributed by atoms with Crippen molar-refractivity contribution in [2.75, 3.05) is 39.9 Å². The van der Waals surface area contributed by atoms with Crippen LogP contribution in [0.5, 0.6) is 5.75 Å². The number of carbonyl (C=O) groups excluding carboxylic acids is 2. The Hall–Kier alpha value is -2.24. The molecule has 0 bridgehead atoms. The van der Waals surface area contributed by atoms with Crippen molar-refractivity contribution in [3.05, 3.63) is 29.8 Å². The molecule has 1 heterocycles. The lowest BCUT2D eigenvalue weighted by Crippen LogP contribution is -2.48. The predicted octanol–water partition coefficient (Wildman–Crippen LogP) is 1.57. The van der Waals surface area contributed by atoms with Crippen molar-refractivity contribution >= 4 is 41.9 Å². The number of nitrogens with zero attached hydrogens (tertiary/aromatic N) is 2. The van der Waals surface area contributed by atoms with E-state index in [9.17, 15) is 9.59 Å². The zero-order valence-electron chi connectivity index (χ0n) is 16.8. The zero-order valence-corrected chi connectivity index (χ0v) is 19.2. The fourth-order valence-corrected chi connectivity index (χ4v) is 2.89. The molecule has 0 radical (unpaired) electrons. The van der Waals surface area contributed by atoms with Gasteiger partial charge in [-0.05, 0) is 38.0 Å². The Morgan fingerprint density at radius 3 is 2.69 bits per heavy atom. The quantitative estimate of drug-likeness (QED) is 0.218. The number of aliphatic imine (C=N–C) groups is 1. The molecule has 1 saturated heterocycles. The third kappa shape index (κ3) is 8.34. The van der Waals surface area contributed by atoms with Gasteiger partial charge in [-0.25, -0.2) is 4.79 Å². The summed E-state index contributed by atoms with van der Waals surface area (Å²) in [7, 11) is 1.56. The normalized spacial score (nSPS) is 14.6. The standard InChI is InChI=1S/C19H29N5O4.HI/c1-3-28-19(26)24-11-7-15(8-12-24)23-18(20)22-10-9-21-17(25)14-5-4-6-16(13-14)27-2;/h4-6,13,15H,3,7-12H2,1-2H3,(H,21,25)(H3,20,22,23);1H. The number of amides is 2. The van der Waals surface area contributed by atoms with E-state index >= 15 is 0 Å². The van der Waals surface area contributed by atoms with Gasteiger partial charge in [0.1, 0.15) is 5.75 Å². The van der Waals surface area contributed by atoms with E-state index in [1.54, 1.807) is 43.2 Å². The van der Waals surface area contributed by atoms with Crippen molar-refractivity contribution in [1.29, 1.82) is 0 Å². The summed E-state index contributed by atoms with van der Waals surface area (Å²) < 4.78 is 10.1. The number of hydrogen-bond acceptors (Lipinski definition) is 5. The van der Waals surface area contributed by atoms with E-state index in [0.717, 1.165) is 12.8 Å². The van der Waals surface area contributed by atoms with Gasteiger partial charge in [-0.3, -0.25) is 9.79 Å². The number of benzene rings is 1. The van der Waals surface area contributed by atoms with Crippen LogP contribution in [-0.4, -0.2) is 68.8 Å². The third-order valence-corrected chi connectivity index (χ3v) is 4.38. The topological polar surface area (TPSA) is 118 Å². The highest BCUT2D eigenvalue weighted by Crippen LogP contribution is 2.12. The number of methoxy groups -OCH3 is 1. The number of rotatable bonds is 7. The summed E-state index contributed by atoms with van der Waals surface area (Å²) in [5, 5.41) is 5.96. The molecule has 29 heavy (non-hydrogen) atoms. The van der Waals surface area contributed by atoms with E-state index in [4.69, 9.17) is 15.2 Å². The molecule has 0 spiro atoms. The van der Waals surface area contributed by atoms with Gasteiger partial charge in [-0.1, -0.05) is 6.07 Å². The Bertz CT molecular complexity index is 693. The number of halogens is 1. The maximum absolute atomic E-state index is 12.1. The van der Waals surface area contributed by atoms with E-state index in [2.05, 4.69) is 15.6 Å². The lowest BCUT2D eigenvalue weighted by atomic mass is 10.1. The highest BCUT2D eigenvalue weighted by Gasteiger charge is 2.23. The van der Waals surface area contributed by atoms with Crippen LogP contribution in [0.25, 0.3) is 0 Å². The van der Waals surface area contributed by atoms with Gasteiger partial charge in [0, 0.05) is 31.2 Å². The molecule has 1 aromatic rings. The SMILES string of the molecule is CCOC(=O)N1CCC(NC(N)=NCCNC(=O)c2cccc(OC)c2)CC1.I. The number of ether oxygens (including phenoxy) is 2. The summed E-state index contributed by atoms with van der Waals surface area (Å²) in [4.78, 5) is 29.7. The molecule has 0 saturated carbocycles. The maximum atomic E-state index is 12.1. The highest BCUT2D eigenvalue weighted by atomic mass is 127. The van der Waals surface area contributed by atoms with E-state index in [-0.39, 0.29) is 42.0 Å². The molecule has 162 valence electrons. The van der Waals surface area contributed by atoms with Gasteiger partial charge in [-0.15, -0.1) is 24.0 Å². The van der Waals surface area contributed by atoms with E-state index in [1.165, 1.54) is 0 Å². The van der Waals surface area contributed by atoms with E-state index in [0.29, 0.717) is 50.1 Å². The van der Waals surface area contributed by atoms with Crippen LogP contribution in [0.15, 0.2) is 29.3 Å². The van der Waals surface area contributed by atoms with Gasteiger partial charge in [0.25, 0.3) is 5.91 Å². The van der Waals surface area contributed by atoms with Crippen LogP contribution in [-0.2, 0) is 4.74 Å². The second kappa shape index (κ2) is 13.1. The second-order valence-corrected chi connectivity index (χ2v) is 6.36. The van der Waals surface area contributed by atoms with Gasteiger partial charge >= 0.3 is 6.09 Å². The number of guanidine groups is 1. The molecule has 10 heteroatoms. The van der Waals surface area contributed by atoms with E-state index < -0.39 is 0 Å². The Morgan fingerprint density at radius 2 is 2.03 bits per heavy atom. The van der Waals surface area contributed by atoms with Gasteiger partial charge in [0.2, 0.25) is 0 Å². The van der Waals surface area contributed by atoms with Crippen LogP contribution in [0.2, 0.25) is 0 Å². The zero-order chi connectivity index (χ0) is 20.4. The first kappa shape index (κ1) is 24.8. The van der Waals surface area contributed by atoms with Crippen molar-refractivity contribution in [2.24, 2.45) is 10.7 Å². The summed E-state index contributed by atoms with van der Waals surface area (Å²) in [6.45, 7) is 4.17. The summed E-state index contributed by atoms with van der Waals surface area (Å²) in [6, 6.07) is 7.11. The molecular formula is C19H30IN5O4. The smallest absolute Gasteiger partial charge is 0.409 e. The summed E-state index contributed by atoms with van der Waals surface area (Å²) in [6.07, 6.45) is 1.29. The molecule has 0 atom stereocenters. The molecule has 1 fully saturated rings. The van der Waals surface area contributed by atoms with Crippen molar-refractivity contribution in [3.63, 3.8) is 0 Å². The van der Waals surface area contributed by atoms with Gasteiger partial charge in [-0.2, -0.15) is 0 Å². The average molecular weight is 519 g/mol. The third-order valence-electron chi connectivity index (χ3n) is 4.38. The molecule has 1 aliphatic rings. The molecule has 9 nitrogen and oxygen atoms in total. The van der Waals surface area contributed by atoms with E-state index in [1.807, 2.05) is 0 Å². The lowest BCUT2D eigenvalue weighted by molar-refractivity contribution is 0.0948. The lowest BCUT2D eigenvalue weighted by Gasteiger charge is -2.31. The van der Waals surface area contributed by atoms with Gasteiger partial charge in [0.15, 0.2) is 5.96 Å². The molecule has 0 aliphatic carbocycles. The second-order valence-electron chi connectivity index (χ2n) is 6.36. The Balaban J connectivity index is 0.00000420. The first-order chi connectivity index (χ1) is 13.5. The molecule has 0 aromatic heterocycles. The van der Waals surface area contributed by atoms with Crippen LogP contribution in [0.3, 0.4) is 0 Å². The predicted molar refractivity (Wildman–Crippen MR) is 122 cm³/mol. The number of nitrogens with one attached hydrogen (secondary N) is 2. The molecule has 1 aliphatic heterocycles. The Morgan fingerprint density at radius 1 is 1.31 bits per heavy atom. The molecular weight excluding hydrogens is 489 g/mol. The summed E-state index contributed by atoms with van der Waals surface area (Å²) >= 11 is 0. The van der Waals surface area contributed by atoms with Crippen LogP contribution in [0.4, 0.5) is 4.79 Å². The molecule has 2 rings (SSSR count). The number of nitrogens with two attached hydrogens (primary N) is 1. The monoisotopic (exact) mass is 519 g/mol. The Kier molecular flexibility index (Phi) is 11.2. The molecule has 1 aromatic carbocycles. The number of piperidine rings is 1. The Labute approximate surface area is 188 Å². The van der Waals surface area contributed by atoms with Gasteiger partial charge < -0.3 is 30.7 Å². The van der Waals surface area contributed by atoms with Crippen LogP contribution < -0.4 is 21.1 Å². The number of likely N-dealkylation sites (tertiary alicyclic amines) is 1. The number of carbonyl (C=O) groups is 2. The summed E-state index contributed by atoms with van der Waals surface area (Å²) in [5.41, 5.74) is 6.45. The summed E-state index contributed by atoms with van der Waals surface area (Å²) in [5.74, 6) is 0.783. The minimum Gasteiger partial charge on any atom is -0.497 e.